The van der Waals surface area contributed by atoms with Crippen molar-refractivity contribution in [3.8, 4) is 0 Å². The SMILES string of the molecule is CC(C)(O)C(O)C(=O)OC(C)(C)C(O)C(=O)O. The molecule has 0 aliphatic heterocycles. The van der Waals surface area contributed by atoms with Gasteiger partial charge in [-0.15, -0.1) is 0 Å². The molecule has 0 aliphatic carbocycles. The zero-order chi connectivity index (χ0) is 14.0. The molecule has 2 unspecified atom stereocenters. The van der Waals surface area contributed by atoms with Crippen molar-refractivity contribution in [2.75, 3.05) is 0 Å². The van der Waals surface area contributed by atoms with Gasteiger partial charge in [-0.25, -0.2) is 9.59 Å². The lowest BCUT2D eigenvalue weighted by Crippen LogP contribution is -2.51. The number of rotatable bonds is 5. The van der Waals surface area contributed by atoms with E-state index in [0.717, 1.165) is 0 Å². The second-order valence-electron chi connectivity index (χ2n) is 4.82. The number of aliphatic carboxylic acids is 1. The summed E-state index contributed by atoms with van der Waals surface area (Å²) >= 11 is 0. The fraction of sp³-hybridized carbons (Fsp3) is 0.800. The van der Waals surface area contributed by atoms with Crippen molar-refractivity contribution in [2.24, 2.45) is 0 Å². The van der Waals surface area contributed by atoms with E-state index in [1.54, 1.807) is 0 Å². The van der Waals surface area contributed by atoms with Gasteiger partial charge in [0.1, 0.15) is 5.60 Å². The molecule has 0 aliphatic rings. The summed E-state index contributed by atoms with van der Waals surface area (Å²) in [4.78, 5) is 21.9. The van der Waals surface area contributed by atoms with Crippen LogP contribution in [0, 0.1) is 0 Å². The van der Waals surface area contributed by atoms with Crippen molar-refractivity contribution in [2.45, 2.75) is 51.1 Å². The Hall–Kier alpha value is -1.18. The molecule has 2 atom stereocenters. The first-order chi connectivity index (χ1) is 7.39. The predicted octanol–water partition coefficient (Wildman–Crippen LogP) is -1.11. The van der Waals surface area contributed by atoms with Crippen molar-refractivity contribution in [3.63, 3.8) is 0 Å². The molecular weight excluding hydrogens is 232 g/mol. The van der Waals surface area contributed by atoms with Crippen LogP contribution in [-0.4, -0.2) is 55.8 Å². The van der Waals surface area contributed by atoms with Crippen LogP contribution >= 0.6 is 0 Å². The molecule has 0 saturated carbocycles. The Morgan fingerprint density at radius 1 is 1.06 bits per heavy atom. The first-order valence-corrected chi connectivity index (χ1v) is 4.93. The Kier molecular flexibility index (Phi) is 4.64. The average molecular weight is 250 g/mol. The Balaban J connectivity index is 4.74. The van der Waals surface area contributed by atoms with Gasteiger partial charge in [0.15, 0.2) is 12.2 Å². The molecule has 7 nitrogen and oxygen atoms in total. The number of carboxylic acids is 1. The topological polar surface area (TPSA) is 124 Å². The highest BCUT2D eigenvalue weighted by Crippen LogP contribution is 2.19. The van der Waals surface area contributed by atoms with Crippen molar-refractivity contribution >= 4 is 11.9 Å². The molecule has 0 aromatic rings. The number of carbonyl (C=O) groups is 2. The first kappa shape index (κ1) is 15.8. The minimum atomic E-state index is -1.93. The Morgan fingerprint density at radius 3 is 1.76 bits per heavy atom. The van der Waals surface area contributed by atoms with E-state index < -0.39 is 35.3 Å². The predicted molar refractivity (Wildman–Crippen MR) is 56.1 cm³/mol. The van der Waals surface area contributed by atoms with Gasteiger partial charge in [0.2, 0.25) is 0 Å². The zero-order valence-corrected chi connectivity index (χ0v) is 10.2. The molecule has 0 radical (unpaired) electrons. The average Bonchev–Trinajstić information content (AvgIpc) is 2.12. The van der Waals surface area contributed by atoms with Gasteiger partial charge in [-0.05, 0) is 27.7 Å². The molecule has 0 bridgehead atoms. The largest absolute Gasteiger partial charge is 0.479 e. The van der Waals surface area contributed by atoms with Gasteiger partial charge in [-0.1, -0.05) is 0 Å². The van der Waals surface area contributed by atoms with Gasteiger partial charge in [0, 0.05) is 0 Å². The van der Waals surface area contributed by atoms with Gasteiger partial charge < -0.3 is 25.2 Å². The minimum Gasteiger partial charge on any atom is -0.479 e. The van der Waals surface area contributed by atoms with Crippen molar-refractivity contribution in [3.05, 3.63) is 0 Å². The standard InChI is InChI=1S/C10H18O7/c1-9(2,16)6(12)8(15)17-10(3,4)5(11)7(13)14/h5-6,11-12,16H,1-4H3,(H,13,14). The van der Waals surface area contributed by atoms with Crippen LogP contribution in [0.1, 0.15) is 27.7 Å². The molecule has 0 fully saturated rings. The summed E-state index contributed by atoms with van der Waals surface area (Å²) in [5.74, 6) is -2.76. The minimum absolute atomic E-state index is 1.18. The second kappa shape index (κ2) is 4.99. The lowest BCUT2D eigenvalue weighted by atomic mass is 9.99. The Labute approximate surface area is 98.6 Å². The highest BCUT2D eigenvalue weighted by molar-refractivity contribution is 5.78. The smallest absolute Gasteiger partial charge is 0.338 e. The first-order valence-electron chi connectivity index (χ1n) is 4.93. The summed E-state index contributed by atoms with van der Waals surface area (Å²) in [7, 11) is 0. The fourth-order valence-corrected chi connectivity index (χ4v) is 0.957. The highest BCUT2D eigenvalue weighted by atomic mass is 16.6. The van der Waals surface area contributed by atoms with Gasteiger partial charge in [0.05, 0.1) is 5.60 Å². The Morgan fingerprint density at radius 2 is 1.47 bits per heavy atom. The van der Waals surface area contributed by atoms with E-state index in [1.807, 2.05) is 0 Å². The maximum atomic E-state index is 11.4. The number of aliphatic hydroxyl groups is 3. The monoisotopic (exact) mass is 250 g/mol. The van der Waals surface area contributed by atoms with E-state index in [4.69, 9.17) is 5.11 Å². The molecule has 100 valence electrons. The van der Waals surface area contributed by atoms with E-state index >= 15 is 0 Å². The lowest BCUT2D eigenvalue weighted by Gasteiger charge is -2.31. The van der Waals surface area contributed by atoms with Crippen LogP contribution in [0.5, 0.6) is 0 Å². The van der Waals surface area contributed by atoms with Crippen LogP contribution in [0.2, 0.25) is 0 Å². The molecule has 0 amide bonds. The van der Waals surface area contributed by atoms with Gasteiger partial charge in [-0.2, -0.15) is 0 Å². The molecule has 0 heterocycles. The number of carboxylic acid groups (broad SMARTS) is 1. The van der Waals surface area contributed by atoms with Crippen LogP contribution in [0.15, 0.2) is 0 Å². The number of hydrogen-bond donors (Lipinski definition) is 4. The highest BCUT2D eigenvalue weighted by Gasteiger charge is 2.41. The lowest BCUT2D eigenvalue weighted by molar-refractivity contribution is -0.192. The molecule has 4 N–H and O–H groups in total. The molecular formula is C10H18O7. The van der Waals surface area contributed by atoms with E-state index in [9.17, 15) is 24.9 Å². The molecule has 0 rings (SSSR count). The zero-order valence-electron chi connectivity index (χ0n) is 10.2. The fourth-order valence-electron chi connectivity index (χ4n) is 0.957. The van der Waals surface area contributed by atoms with Crippen LogP contribution in [0.25, 0.3) is 0 Å². The van der Waals surface area contributed by atoms with E-state index in [-0.39, 0.29) is 0 Å². The van der Waals surface area contributed by atoms with Gasteiger partial charge in [-0.3, -0.25) is 0 Å². The van der Waals surface area contributed by atoms with Crippen LogP contribution in [0.3, 0.4) is 0 Å². The van der Waals surface area contributed by atoms with E-state index in [2.05, 4.69) is 4.74 Å². The van der Waals surface area contributed by atoms with Gasteiger partial charge >= 0.3 is 11.9 Å². The second-order valence-corrected chi connectivity index (χ2v) is 4.82. The summed E-state index contributed by atoms with van der Waals surface area (Å²) in [5.41, 5.74) is -3.43. The molecule has 0 saturated heterocycles. The van der Waals surface area contributed by atoms with Crippen LogP contribution in [0.4, 0.5) is 0 Å². The number of carbonyl (C=O) groups excluding carboxylic acids is 1. The third-order valence-corrected chi connectivity index (χ3v) is 2.15. The molecule has 7 heteroatoms. The quantitative estimate of drug-likeness (QED) is 0.456. The summed E-state index contributed by atoms with van der Waals surface area (Å²) in [6.07, 6.45) is -3.76. The van der Waals surface area contributed by atoms with E-state index in [1.165, 1.54) is 27.7 Å². The van der Waals surface area contributed by atoms with Crippen LogP contribution in [-0.2, 0) is 14.3 Å². The Bertz CT molecular complexity index is 302. The summed E-state index contributed by atoms with van der Waals surface area (Å²) < 4.78 is 4.67. The molecule has 17 heavy (non-hydrogen) atoms. The number of esters is 1. The number of ether oxygens (including phenoxy) is 1. The van der Waals surface area contributed by atoms with Crippen LogP contribution < -0.4 is 0 Å². The summed E-state index contributed by atoms with van der Waals surface area (Å²) in [5, 5.41) is 36.6. The molecule has 0 spiro atoms. The van der Waals surface area contributed by atoms with Crippen molar-refractivity contribution < 1.29 is 34.8 Å². The number of hydrogen-bond acceptors (Lipinski definition) is 6. The van der Waals surface area contributed by atoms with E-state index in [0.29, 0.717) is 0 Å². The molecule has 0 aromatic carbocycles. The molecule has 0 aromatic heterocycles. The summed E-state index contributed by atoms with van der Waals surface area (Å²) in [6.45, 7) is 4.75. The third kappa shape index (κ3) is 4.29. The third-order valence-electron chi connectivity index (χ3n) is 2.15. The normalized spacial score (nSPS) is 16.2. The van der Waals surface area contributed by atoms with Crippen molar-refractivity contribution in [1.29, 1.82) is 0 Å². The number of aliphatic hydroxyl groups excluding tert-OH is 2. The van der Waals surface area contributed by atoms with Gasteiger partial charge in [0.25, 0.3) is 0 Å². The summed E-state index contributed by atoms with van der Waals surface area (Å²) in [6, 6.07) is 0. The maximum absolute atomic E-state index is 11.4. The maximum Gasteiger partial charge on any atom is 0.338 e. The van der Waals surface area contributed by atoms with Crippen molar-refractivity contribution in [1.82, 2.24) is 0 Å².